The summed E-state index contributed by atoms with van der Waals surface area (Å²) in [6, 6.07) is 15.2. The van der Waals surface area contributed by atoms with Crippen LogP contribution in [0.2, 0.25) is 0 Å². The number of nitrogens with zero attached hydrogens (tertiary/aromatic N) is 1. The number of rotatable bonds is 6. The smallest absolute Gasteiger partial charge is 0.224 e. The van der Waals surface area contributed by atoms with Crippen molar-refractivity contribution in [2.24, 2.45) is 5.92 Å². The van der Waals surface area contributed by atoms with Crippen molar-refractivity contribution in [1.29, 1.82) is 0 Å². The van der Waals surface area contributed by atoms with Crippen LogP contribution in [0.3, 0.4) is 0 Å². The Labute approximate surface area is 161 Å². The van der Waals surface area contributed by atoms with Crippen LogP contribution in [0.5, 0.6) is 0 Å². The molecule has 1 amide bonds. The summed E-state index contributed by atoms with van der Waals surface area (Å²) in [4.78, 5) is 14.9. The average Bonchev–Trinajstić information content (AvgIpc) is 3.11. The molecular formula is C21H22BrFN2O. The highest BCUT2D eigenvalue weighted by Crippen LogP contribution is 2.50. The zero-order valence-corrected chi connectivity index (χ0v) is 16.1. The summed E-state index contributed by atoms with van der Waals surface area (Å²) in [5.74, 6) is 0.452. The summed E-state index contributed by atoms with van der Waals surface area (Å²) < 4.78 is 13.7. The van der Waals surface area contributed by atoms with Crippen LogP contribution in [0, 0.1) is 11.7 Å². The van der Waals surface area contributed by atoms with Gasteiger partial charge in [-0.05, 0) is 57.9 Å². The van der Waals surface area contributed by atoms with E-state index < -0.39 is 0 Å². The van der Waals surface area contributed by atoms with Gasteiger partial charge in [0.25, 0.3) is 0 Å². The lowest BCUT2D eigenvalue weighted by atomic mass is 9.73. The molecule has 2 aromatic carbocycles. The number of halogens is 2. The summed E-state index contributed by atoms with van der Waals surface area (Å²) in [7, 11) is 0. The molecule has 3 nitrogen and oxygen atoms in total. The molecule has 3 fully saturated rings. The second-order valence-corrected chi connectivity index (χ2v) is 8.42. The minimum atomic E-state index is -0.309. The van der Waals surface area contributed by atoms with E-state index in [2.05, 4.69) is 50.4 Å². The Hall–Kier alpha value is -1.72. The van der Waals surface area contributed by atoms with Crippen LogP contribution >= 0.6 is 15.9 Å². The van der Waals surface area contributed by atoms with Gasteiger partial charge in [0.1, 0.15) is 5.82 Å². The fourth-order valence-corrected chi connectivity index (χ4v) is 4.79. The molecule has 0 radical (unpaired) electrons. The van der Waals surface area contributed by atoms with Crippen LogP contribution in [-0.4, -0.2) is 29.4 Å². The van der Waals surface area contributed by atoms with Gasteiger partial charge in [0.15, 0.2) is 0 Å². The van der Waals surface area contributed by atoms with Crippen molar-refractivity contribution in [2.75, 3.05) is 13.1 Å². The molecule has 1 saturated carbocycles. The molecule has 2 heterocycles. The Bertz CT molecular complexity index is 805. The summed E-state index contributed by atoms with van der Waals surface area (Å²) in [6.45, 7) is 2.76. The summed E-state index contributed by atoms with van der Waals surface area (Å²) in [6.07, 6.45) is 2.61. The molecule has 2 bridgehead atoms. The highest BCUT2D eigenvalue weighted by Gasteiger charge is 2.55. The second kappa shape index (κ2) is 7.12. The van der Waals surface area contributed by atoms with E-state index in [9.17, 15) is 9.18 Å². The molecule has 3 aliphatic rings. The minimum Gasteiger partial charge on any atom is -0.354 e. The van der Waals surface area contributed by atoms with Crippen LogP contribution in [0.15, 0.2) is 53.0 Å². The van der Waals surface area contributed by atoms with E-state index in [1.165, 1.54) is 24.5 Å². The van der Waals surface area contributed by atoms with E-state index in [0.29, 0.717) is 11.0 Å². The van der Waals surface area contributed by atoms with Crippen molar-refractivity contribution in [3.05, 3.63) is 69.9 Å². The van der Waals surface area contributed by atoms with Gasteiger partial charge in [-0.25, -0.2) is 4.39 Å². The Kier molecular flexibility index (Phi) is 4.84. The van der Waals surface area contributed by atoms with Gasteiger partial charge in [-0.1, -0.05) is 36.4 Å². The standard InChI is InChI=1S/C21H22BrFN2O/c22-18-8-16(6-7-19(18)23)9-20(26)24-14-21-10-17(11-21)13-25(21)12-15-4-2-1-3-5-15/h1-8,17H,9-14H2,(H,24,26). The molecule has 0 unspecified atom stereocenters. The summed E-state index contributed by atoms with van der Waals surface area (Å²) >= 11 is 3.17. The van der Waals surface area contributed by atoms with Gasteiger partial charge in [0.05, 0.1) is 10.9 Å². The highest BCUT2D eigenvalue weighted by molar-refractivity contribution is 9.10. The van der Waals surface area contributed by atoms with Crippen LogP contribution in [0.1, 0.15) is 24.0 Å². The van der Waals surface area contributed by atoms with Gasteiger partial charge in [-0.2, -0.15) is 0 Å². The Balaban J connectivity index is 1.34. The number of hydrogen-bond acceptors (Lipinski definition) is 2. The first-order valence-electron chi connectivity index (χ1n) is 9.04. The molecule has 2 aromatic rings. The van der Waals surface area contributed by atoms with Gasteiger partial charge >= 0.3 is 0 Å². The predicted octanol–water partition coefficient (Wildman–Crippen LogP) is 3.91. The predicted molar refractivity (Wildman–Crippen MR) is 103 cm³/mol. The van der Waals surface area contributed by atoms with Gasteiger partial charge in [-0.15, -0.1) is 0 Å². The minimum absolute atomic E-state index is 0.00658. The first-order valence-corrected chi connectivity index (χ1v) is 9.83. The molecule has 5 rings (SSSR count). The maximum Gasteiger partial charge on any atom is 0.224 e. The quantitative estimate of drug-likeness (QED) is 0.773. The molecule has 1 N–H and O–H groups in total. The molecular weight excluding hydrogens is 395 g/mol. The second-order valence-electron chi connectivity index (χ2n) is 7.57. The Morgan fingerprint density at radius 2 is 1.96 bits per heavy atom. The molecule has 2 saturated heterocycles. The molecule has 136 valence electrons. The molecule has 1 aliphatic carbocycles. The first-order chi connectivity index (χ1) is 12.5. The number of amides is 1. The maximum atomic E-state index is 13.3. The number of hydrogen-bond donors (Lipinski definition) is 1. The van der Waals surface area contributed by atoms with Crippen LogP contribution in [-0.2, 0) is 17.8 Å². The van der Waals surface area contributed by atoms with Crippen LogP contribution in [0.25, 0.3) is 0 Å². The van der Waals surface area contributed by atoms with E-state index >= 15 is 0 Å². The number of carbonyl (C=O) groups excluding carboxylic acids is 1. The van der Waals surface area contributed by atoms with Crippen LogP contribution in [0.4, 0.5) is 4.39 Å². The third kappa shape index (κ3) is 3.55. The average molecular weight is 417 g/mol. The van der Waals surface area contributed by atoms with E-state index in [1.54, 1.807) is 12.1 Å². The topological polar surface area (TPSA) is 32.3 Å². The van der Waals surface area contributed by atoms with Crippen molar-refractivity contribution >= 4 is 21.8 Å². The molecule has 0 spiro atoms. The van der Waals surface area contributed by atoms with Crippen LogP contribution < -0.4 is 5.32 Å². The molecule has 26 heavy (non-hydrogen) atoms. The van der Waals surface area contributed by atoms with E-state index in [-0.39, 0.29) is 23.7 Å². The molecule has 5 heteroatoms. The fourth-order valence-electron chi connectivity index (χ4n) is 4.36. The molecule has 0 atom stereocenters. The lowest BCUT2D eigenvalue weighted by molar-refractivity contribution is -0.121. The lowest BCUT2D eigenvalue weighted by Crippen LogP contribution is -2.54. The van der Waals surface area contributed by atoms with Crippen molar-refractivity contribution in [3.63, 3.8) is 0 Å². The monoisotopic (exact) mass is 416 g/mol. The third-order valence-corrected chi connectivity index (χ3v) is 6.27. The van der Waals surface area contributed by atoms with Crippen molar-refractivity contribution in [2.45, 2.75) is 31.3 Å². The van der Waals surface area contributed by atoms with Crippen molar-refractivity contribution < 1.29 is 9.18 Å². The van der Waals surface area contributed by atoms with E-state index in [1.807, 2.05) is 6.07 Å². The lowest BCUT2D eigenvalue weighted by Gasteiger charge is -2.42. The van der Waals surface area contributed by atoms with Crippen molar-refractivity contribution in [3.8, 4) is 0 Å². The Morgan fingerprint density at radius 3 is 2.69 bits per heavy atom. The summed E-state index contributed by atoms with van der Waals surface area (Å²) in [5, 5.41) is 3.11. The molecule has 0 aromatic heterocycles. The zero-order chi connectivity index (χ0) is 18.1. The normalized spacial score (nSPS) is 24.3. The van der Waals surface area contributed by atoms with Gasteiger partial charge in [0, 0.05) is 25.2 Å². The van der Waals surface area contributed by atoms with E-state index in [4.69, 9.17) is 0 Å². The van der Waals surface area contributed by atoms with Gasteiger partial charge < -0.3 is 5.32 Å². The first kappa shape index (κ1) is 17.7. The third-order valence-electron chi connectivity index (χ3n) is 5.67. The Morgan fingerprint density at radius 1 is 1.19 bits per heavy atom. The molecule has 2 aliphatic heterocycles. The number of benzene rings is 2. The maximum absolute atomic E-state index is 13.3. The SMILES string of the molecule is O=C(Cc1ccc(F)c(Br)c1)NCC12CC(CN1Cc1ccccc1)C2. The summed E-state index contributed by atoms with van der Waals surface area (Å²) in [5.41, 5.74) is 2.24. The van der Waals surface area contributed by atoms with Gasteiger partial charge in [0.2, 0.25) is 5.91 Å². The number of carbonyl (C=O) groups is 1. The number of fused-ring (bicyclic) bond motifs is 1. The van der Waals surface area contributed by atoms with Crippen molar-refractivity contribution in [1.82, 2.24) is 10.2 Å². The largest absolute Gasteiger partial charge is 0.354 e. The highest BCUT2D eigenvalue weighted by atomic mass is 79.9. The fraction of sp³-hybridized carbons (Fsp3) is 0.381. The van der Waals surface area contributed by atoms with Gasteiger partial charge in [-0.3, -0.25) is 9.69 Å². The van der Waals surface area contributed by atoms with E-state index in [0.717, 1.165) is 24.6 Å². The zero-order valence-electron chi connectivity index (χ0n) is 14.6. The number of nitrogens with one attached hydrogen (secondary N) is 1.